The number of thiophene rings is 1. The number of benzene rings is 1. The molecule has 0 aliphatic heterocycles. The second-order valence-corrected chi connectivity index (χ2v) is 5.56. The lowest BCUT2D eigenvalue weighted by atomic mass is 9.99. The van der Waals surface area contributed by atoms with Crippen LogP contribution in [0.3, 0.4) is 0 Å². The van der Waals surface area contributed by atoms with E-state index in [0.29, 0.717) is 6.04 Å². The van der Waals surface area contributed by atoms with Crippen molar-refractivity contribution in [2.75, 3.05) is 7.05 Å². The van der Waals surface area contributed by atoms with Gasteiger partial charge in [0.2, 0.25) is 0 Å². The molecule has 20 heavy (non-hydrogen) atoms. The molecule has 4 heteroatoms. The van der Waals surface area contributed by atoms with E-state index in [2.05, 4.69) is 44.2 Å². The van der Waals surface area contributed by atoms with Crippen molar-refractivity contribution in [3.63, 3.8) is 0 Å². The van der Waals surface area contributed by atoms with Crippen LogP contribution in [-0.4, -0.2) is 17.0 Å². The number of hydrogen-bond donors (Lipinski definition) is 1. The van der Waals surface area contributed by atoms with Gasteiger partial charge in [0.25, 0.3) is 0 Å². The molecule has 0 amide bonds. The van der Waals surface area contributed by atoms with E-state index in [-0.39, 0.29) is 0 Å². The number of aromatic nitrogens is 2. The van der Waals surface area contributed by atoms with Gasteiger partial charge in [-0.1, -0.05) is 12.1 Å². The maximum Gasteiger partial charge on any atom is 0.0934 e. The zero-order valence-corrected chi connectivity index (χ0v) is 12.2. The molecule has 1 unspecified atom stereocenters. The van der Waals surface area contributed by atoms with Crippen molar-refractivity contribution in [2.45, 2.75) is 18.9 Å². The number of hydrogen-bond acceptors (Lipinski definition) is 4. The van der Waals surface area contributed by atoms with E-state index in [4.69, 9.17) is 0 Å². The van der Waals surface area contributed by atoms with Crippen LogP contribution >= 0.6 is 11.3 Å². The molecule has 102 valence electrons. The fourth-order valence-corrected chi connectivity index (χ4v) is 3.20. The summed E-state index contributed by atoms with van der Waals surface area (Å²) in [5.41, 5.74) is 4.59. The van der Waals surface area contributed by atoms with Crippen molar-refractivity contribution in [1.29, 1.82) is 0 Å². The molecule has 1 atom stereocenters. The Balaban J connectivity index is 1.87. The number of para-hydroxylation sites is 1. The Morgan fingerprint density at radius 2 is 2.10 bits per heavy atom. The highest BCUT2D eigenvalue weighted by Crippen LogP contribution is 2.25. The van der Waals surface area contributed by atoms with E-state index in [1.54, 1.807) is 23.7 Å². The van der Waals surface area contributed by atoms with Crippen molar-refractivity contribution >= 4 is 22.4 Å². The first-order valence-corrected chi connectivity index (χ1v) is 7.71. The fraction of sp³-hybridized carbons (Fsp3) is 0.250. The van der Waals surface area contributed by atoms with Crippen molar-refractivity contribution in [3.05, 3.63) is 58.5 Å². The van der Waals surface area contributed by atoms with Crippen LogP contribution < -0.4 is 5.32 Å². The summed E-state index contributed by atoms with van der Waals surface area (Å²) >= 11 is 1.75. The third kappa shape index (κ3) is 2.71. The van der Waals surface area contributed by atoms with Crippen LogP contribution in [0.4, 0.5) is 0 Å². The standard InChI is InChI=1S/C16H17N3S/c1-17-14(6-5-12-7-10-20-11-12)13-3-2-4-15-16(13)19-9-8-18-15/h2-4,7-11,14,17H,5-6H2,1H3. The lowest BCUT2D eigenvalue weighted by Crippen LogP contribution is -2.17. The molecule has 3 rings (SSSR count). The molecule has 0 radical (unpaired) electrons. The third-order valence-electron chi connectivity index (χ3n) is 3.56. The predicted molar refractivity (Wildman–Crippen MR) is 84.0 cm³/mol. The summed E-state index contributed by atoms with van der Waals surface area (Å²) in [6.07, 6.45) is 5.64. The number of nitrogens with one attached hydrogen (secondary N) is 1. The van der Waals surface area contributed by atoms with E-state index in [9.17, 15) is 0 Å². The van der Waals surface area contributed by atoms with Crippen LogP contribution in [0.25, 0.3) is 11.0 Å². The van der Waals surface area contributed by atoms with Crippen LogP contribution in [0.15, 0.2) is 47.4 Å². The SMILES string of the molecule is CNC(CCc1ccsc1)c1cccc2nccnc12. The Labute approximate surface area is 122 Å². The summed E-state index contributed by atoms with van der Waals surface area (Å²) in [5.74, 6) is 0. The predicted octanol–water partition coefficient (Wildman–Crippen LogP) is 3.58. The fourth-order valence-electron chi connectivity index (χ4n) is 2.50. The Hall–Kier alpha value is -1.78. The molecule has 0 aliphatic rings. The topological polar surface area (TPSA) is 37.8 Å². The largest absolute Gasteiger partial charge is 0.313 e. The minimum Gasteiger partial charge on any atom is -0.313 e. The monoisotopic (exact) mass is 283 g/mol. The first-order valence-electron chi connectivity index (χ1n) is 6.76. The van der Waals surface area contributed by atoms with Gasteiger partial charge < -0.3 is 5.32 Å². The normalized spacial score (nSPS) is 12.7. The zero-order chi connectivity index (χ0) is 13.8. The maximum absolute atomic E-state index is 4.49. The quantitative estimate of drug-likeness (QED) is 0.777. The van der Waals surface area contributed by atoms with Gasteiger partial charge in [-0.3, -0.25) is 9.97 Å². The molecule has 2 aromatic heterocycles. The van der Waals surface area contributed by atoms with Crippen LogP contribution in [0.1, 0.15) is 23.6 Å². The van der Waals surface area contributed by atoms with Gasteiger partial charge in [-0.2, -0.15) is 11.3 Å². The lowest BCUT2D eigenvalue weighted by Gasteiger charge is -2.17. The maximum atomic E-state index is 4.49. The first-order chi connectivity index (χ1) is 9.88. The molecule has 0 saturated heterocycles. The molecule has 0 fully saturated rings. The Kier molecular flexibility index (Phi) is 4.04. The molecular weight excluding hydrogens is 266 g/mol. The summed E-state index contributed by atoms with van der Waals surface area (Å²) in [6, 6.07) is 8.71. The number of aryl methyl sites for hydroxylation is 1. The van der Waals surface area contributed by atoms with Gasteiger partial charge >= 0.3 is 0 Å². The molecule has 0 saturated carbocycles. The molecule has 1 N–H and O–H groups in total. The van der Waals surface area contributed by atoms with Crippen LogP contribution in [0.5, 0.6) is 0 Å². The second kappa shape index (κ2) is 6.11. The summed E-state index contributed by atoms with van der Waals surface area (Å²) in [5, 5.41) is 7.76. The summed E-state index contributed by atoms with van der Waals surface area (Å²) in [4.78, 5) is 8.87. The number of nitrogens with zero attached hydrogens (tertiary/aromatic N) is 2. The second-order valence-electron chi connectivity index (χ2n) is 4.78. The van der Waals surface area contributed by atoms with Gasteiger partial charge in [0.15, 0.2) is 0 Å². The minimum atomic E-state index is 0.301. The average molecular weight is 283 g/mol. The average Bonchev–Trinajstić information content (AvgIpc) is 3.01. The van der Waals surface area contributed by atoms with Crippen LogP contribution in [-0.2, 0) is 6.42 Å². The van der Waals surface area contributed by atoms with Crippen molar-refractivity contribution in [2.24, 2.45) is 0 Å². The number of fused-ring (bicyclic) bond motifs is 1. The Morgan fingerprint density at radius 3 is 2.90 bits per heavy atom. The summed E-state index contributed by atoms with van der Waals surface area (Å²) in [6.45, 7) is 0. The van der Waals surface area contributed by atoms with Gasteiger partial charge in [0.1, 0.15) is 0 Å². The minimum absolute atomic E-state index is 0.301. The van der Waals surface area contributed by atoms with Gasteiger partial charge in [0, 0.05) is 18.4 Å². The molecule has 0 spiro atoms. The van der Waals surface area contributed by atoms with E-state index >= 15 is 0 Å². The third-order valence-corrected chi connectivity index (χ3v) is 4.29. The highest BCUT2D eigenvalue weighted by molar-refractivity contribution is 7.07. The molecule has 3 aromatic rings. The van der Waals surface area contributed by atoms with E-state index in [1.807, 2.05) is 13.1 Å². The van der Waals surface area contributed by atoms with Crippen LogP contribution in [0, 0.1) is 0 Å². The highest BCUT2D eigenvalue weighted by Gasteiger charge is 2.13. The molecule has 0 aliphatic carbocycles. The molecule has 3 nitrogen and oxygen atoms in total. The molecular formula is C16H17N3S. The van der Waals surface area contributed by atoms with Crippen molar-refractivity contribution in [3.8, 4) is 0 Å². The molecule has 1 aromatic carbocycles. The summed E-state index contributed by atoms with van der Waals surface area (Å²) < 4.78 is 0. The van der Waals surface area contributed by atoms with Gasteiger partial charge in [-0.05, 0) is 53.9 Å². The van der Waals surface area contributed by atoms with E-state index in [1.165, 1.54) is 11.1 Å². The van der Waals surface area contributed by atoms with Crippen molar-refractivity contribution in [1.82, 2.24) is 15.3 Å². The first kappa shape index (κ1) is 13.2. The smallest absolute Gasteiger partial charge is 0.0934 e. The Morgan fingerprint density at radius 1 is 1.20 bits per heavy atom. The summed E-state index contributed by atoms with van der Waals surface area (Å²) in [7, 11) is 2.01. The molecule has 2 heterocycles. The zero-order valence-electron chi connectivity index (χ0n) is 11.4. The van der Waals surface area contributed by atoms with E-state index in [0.717, 1.165) is 23.9 Å². The van der Waals surface area contributed by atoms with Gasteiger partial charge in [-0.25, -0.2) is 0 Å². The lowest BCUT2D eigenvalue weighted by molar-refractivity contribution is 0.552. The van der Waals surface area contributed by atoms with Gasteiger partial charge in [0.05, 0.1) is 11.0 Å². The molecule has 0 bridgehead atoms. The number of rotatable bonds is 5. The Bertz CT molecular complexity index is 674. The van der Waals surface area contributed by atoms with Crippen LogP contribution in [0.2, 0.25) is 0 Å². The highest BCUT2D eigenvalue weighted by atomic mass is 32.1. The van der Waals surface area contributed by atoms with E-state index < -0.39 is 0 Å². The van der Waals surface area contributed by atoms with Crippen molar-refractivity contribution < 1.29 is 0 Å². The van der Waals surface area contributed by atoms with Gasteiger partial charge in [-0.15, -0.1) is 0 Å².